The SMILES string of the molecule is Nc1cc(CN2CCCCc3ccccc32)ccc1Cl. The summed E-state index contributed by atoms with van der Waals surface area (Å²) >= 11 is 5.99. The van der Waals surface area contributed by atoms with Crippen LogP contribution in [-0.2, 0) is 13.0 Å². The van der Waals surface area contributed by atoms with E-state index in [4.69, 9.17) is 17.3 Å². The van der Waals surface area contributed by atoms with Crippen molar-refractivity contribution >= 4 is 23.0 Å². The first kappa shape index (κ1) is 13.3. The fourth-order valence-corrected chi connectivity index (χ4v) is 2.96. The van der Waals surface area contributed by atoms with E-state index >= 15 is 0 Å². The molecule has 1 heterocycles. The van der Waals surface area contributed by atoms with Gasteiger partial charge in [-0.1, -0.05) is 35.9 Å². The van der Waals surface area contributed by atoms with Crippen LogP contribution in [-0.4, -0.2) is 6.54 Å². The number of hydrogen-bond donors (Lipinski definition) is 1. The van der Waals surface area contributed by atoms with E-state index in [1.807, 2.05) is 12.1 Å². The highest BCUT2D eigenvalue weighted by atomic mass is 35.5. The summed E-state index contributed by atoms with van der Waals surface area (Å²) in [5.41, 5.74) is 10.6. The van der Waals surface area contributed by atoms with Crippen LogP contribution < -0.4 is 10.6 Å². The minimum absolute atomic E-state index is 0.630. The molecule has 2 N–H and O–H groups in total. The lowest BCUT2D eigenvalue weighted by Crippen LogP contribution is -2.23. The Hall–Kier alpha value is -1.67. The van der Waals surface area contributed by atoms with Crippen molar-refractivity contribution in [2.45, 2.75) is 25.8 Å². The molecule has 0 unspecified atom stereocenters. The van der Waals surface area contributed by atoms with E-state index in [1.54, 1.807) is 0 Å². The first-order chi connectivity index (χ1) is 9.74. The Balaban J connectivity index is 1.88. The van der Waals surface area contributed by atoms with Gasteiger partial charge in [0.1, 0.15) is 0 Å². The van der Waals surface area contributed by atoms with E-state index in [2.05, 4.69) is 35.2 Å². The van der Waals surface area contributed by atoms with Crippen LogP contribution in [0.1, 0.15) is 24.0 Å². The van der Waals surface area contributed by atoms with Gasteiger partial charge in [-0.25, -0.2) is 0 Å². The third-order valence-corrected chi connectivity index (χ3v) is 4.23. The number of nitrogens with zero attached hydrogens (tertiary/aromatic N) is 1. The van der Waals surface area contributed by atoms with Crippen molar-refractivity contribution in [1.82, 2.24) is 0 Å². The van der Waals surface area contributed by atoms with Gasteiger partial charge in [-0.3, -0.25) is 0 Å². The van der Waals surface area contributed by atoms with Gasteiger partial charge in [-0.15, -0.1) is 0 Å². The van der Waals surface area contributed by atoms with E-state index < -0.39 is 0 Å². The van der Waals surface area contributed by atoms with Gasteiger partial charge in [-0.2, -0.15) is 0 Å². The summed E-state index contributed by atoms with van der Waals surface area (Å²) in [7, 11) is 0. The summed E-state index contributed by atoms with van der Waals surface area (Å²) in [6, 6.07) is 14.6. The summed E-state index contributed by atoms with van der Waals surface area (Å²) in [5, 5.41) is 0.630. The molecule has 0 aliphatic carbocycles. The molecular weight excluding hydrogens is 268 g/mol. The minimum atomic E-state index is 0.630. The molecule has 0 fully saturated rings. The number of rotatable bonds is 2. The predicted octanol–water partition coefficient (Wildman–Crippen LogP) is 4.27. The number of para-hydroxylation sites is 1. The molecule has 2 aromatic carbocycles. The maximum atomic E-state index is 5.99. The third-order valence-electron chi connectivity index (χ3n) is 3.89. The number of halogens is 1. The highest BCUT2D eigenvalue weighted by Crippen LogP contribution is 2.28. The molecule has 0 spiro atoms. The van der Waals surface area contributed by atoms with Crippen molar-refractivity contribution in [2.75, 3.05) is 17.2 Å². The molecule has 0 amide bonds. The number of aryl methyl sites for hydroxylation is 1. The first-order valence-corrected chi connectivity index (χ1v) is 7.48. The lowest BCUT2D eigenvalue weighted by Gasteiger charge is -2.25. The molecule has 0 saturated heterocycles. The molecule has 1 aliphatic rings. The Kier molecular flexibility index (Phi) is 3.83. The Morgan fingerprint density at radius 1 is 1.10 bits per heavy atom. The maximum absolute atomic E-state index is 5.99. The lowest BCUT2D eigenvalue weighted by atomic mass is 10.1. The van der Waals surface area contributed by atoms with Crippen LogP contribution in [0.4, 0.5) is 11.4 Å². The maximum Gasteiger partial charge on any atom is 0.0635 e. The molecule has 2 nitrogen and oxygen atoms in total. The van der Waals surface area contributed by atoms with Crippen LogP contribution in [0, 0.1) is 0 Å². The van der Waals surface area contributed by atoms with Crippen LogP contribution in [0.2, 0.25) is 5.02 Å². The predicted molar refractivity (Wildman–Crippen MR) is 86.3 cm³/mol. The number of anilines is 2. The van der Waals surface area contributed by atoms with Crippen molar-refractivity contribution in [2.24, 2.45) is 0 Å². The topological polar surface area (TPSA) is 29.3 Å². The van der Waals surface area contributed by atoms with Crippen molar-refractivity contribution in [3.05, 3.63) is 58.6 Å². The lowest BCUT2D eigenvalue weighted by molar-refractivity contribution is 0.714. The Morgan fingerprint density at radius 3 is 2.80 bits per heavy atom. The zero-order chi connectivity index (χ0) is 13.9. The summed E-state index contributed by atoms with van der Waals surface area (Å²) in [4.78, 5) is 2.45. The van der Waals surface area contributed by atoms with Crippen molar-refractivity contribution in [3.8, 4) is 0 Å². The standard InChI is InChI=1S/C17H19ClN2/c18-15-9-8-13(11-16(15)19)12-20-10-4-3-6-14-5-1-2-7-17(14)20/h1-2,5,7-9,11H,3-4,6,10,12,19H2. The van der Waals surface area contributed by atoms with Crippen LogP contribution in [0.5, 0.6) is 0 Å². The zero-order valence-corrected chi connectivity index (χ0v) is 12.2. The van der Waals surface area contributed by atoms with Crippen molar-refractivity contribution in [3.63, 3.8) is 0 Å². The number of benzene rings is 2. The largest absolute Gasteiger partial charge is 0.398 e. The number of fused-ring (bicyclic) bond motifs is 1. The monoisotopic (exact) mass is 286 g/mol. The summed E-state index contributed by atoms with van der Waals surface area (Å²) in [6.07, 6.45) is 3.67. The van der Waals surface area contributed by atoms with Gasteiger partial charge in [0.05, 0.1) is 10.7 Å². The fraction of sp³-hybridized carbons (Fsp3) is 0.294. The zero-order valence-electron chi connectivity index (χ0n) is 11.5. The molecule has 0 bridgehead atoms. The van der Waals surface area contributed by atoms with Crippen LogP contribution in [0.15, 0.2) is 42.5 Å². The second-order valence-corrected chi connectivity index (χ2v) is 5.77. The van der Waals surface area contributed by atoms with Gasteiger partial charge >= 0.3 is 0 Å². The molecule has 3 heteroatoms. The van der Waals surface area contributed by atoms with Crippen LogP contribution >= 0.6 is 11.6 Å². The van der Waals surface area contributed by atoms with Gasteiger partial charge in [0.2, 0.25) is 0 Å². The molecule has 3 rings (SSSR count). The van der Waals surface area contributed by atoms with E-state index in [0.29, 0.717) is 10.7 Å². The highest BCUT2D eigenvalue weighted by Gasteiger charge is 2.15. The molecule has 20 heavy (non-hydrogen) atoms. The number of nitrogen functional groups attached to an aromatic ring is 1. The average molecular weight is 287 g/mol. The Morgan fingerprint density at radius 2 is 1.95 bits per heavy atom. The van der Waals surface area contributed by atoms with Crippen molar-refractivity contribution in [1.29, 1.82) is 0 Å². The first-order valence-electron chi connectivity index (χ1n) is 7.11. The second kappa shape index (κ2) is 5.76. The van der Waals surface area contributed by atoms with Crippen LogP contribution in [0.25, 0.3) is 0 Å². The molecule has 1 aliphatic heterocycles. The van der Waals surface area contributed by atoms with E-state index in [1.165, 1.54) is 36.1 Å². The average Bonchev–Trinajstić information content (AvgIpc) is 2.66. The molecular formula is C17H19ClN2. The Labute approximate surface area is 125 Å². The number of hydrogen-bond acceptors (Lipinski definition) is 2. The quantitative estimate of drug-likeness (QED) is 0.836. The van der Waals surface area contributed by atoms with Crippen LogP contribution in [0.3, 0.4) is 0 Å². The number of nitrogens with two attached hydrogens (primary N) is 1. The van der Waals surface area contributed by atoms with Gasteiger partial charge < -0.3 is 10.6 Å². The molecule has 0 saturated carbocycles. The third kappa shape index (κ3) is 2.75. The smallest absolute Gasteiger partial charge is 0.0635 e. The van der Waals surface area contributed by atoms with Gasteiger partial charge in [-0.05, 0) is 48.6 Å². The highest BCUT2D eigenvalue weighted by molar-refractivity contribution is 6.33. The second-order valence-electron chi connectivity index (χ2n) is 5.36. The normalized spacial score (nSPS) is 14.8. The minimum Gasteiger partial charge on any atom is -0.398 e. The van der Waals surface area contributed by atoms with E-state index in [0.717, 1.165) is 13.1 Å². The molecule has 2 aromatic rings. The molecule has 0 aromatic heterocycles. The fourth-order valence-electron chi connectivity index (χ4n) is 2.85. The van der Waals surface area contributed by atoms with Gasteiger partial charge in [0, 0.05) is 18.8 Å². The summed E-state index contributed by atoms with van der Waals surface area (Å²) < 4.78 is 0. The summed E-state index contributed by atoms with van der Waals surface area (Å²) in [6.45, 7) is 1.98. The van der Waals surface area contributed by atoms with Gasteiger partial charge in [0.15, 0.2) is 0 Å². The van der Waals surface area contributed by atoms with E-state index in [9.17, 15) is 0 Å². The molecule has 0 radical (unpaired) electrons. The van der Waals surface area contributed by atoms with E-state index in [-0.39, 0.29) is 0 Å². The van der Waals surface area contributed by atoms with Crippen molar-refractivity contribution < 1.29 is 0 Å². The Bertz CT molecular complexity index is 610. The molecule has 0 atom stereocenters. The molecule has 104 valence electrons. The summed E-state index contributed by atoms with van der Waals surface area (Å²) in [5.74, 6) is 0. The van der Waals surface area contributed by atoms with Gasteiger partial charge in [0.25, 0.3) is 0 Å².